The number of anilines is 1. The molecule has 3 aliphatic heterocycles. The summed E-state index contributed by atoms with van der Waals surface area (Å²) in [4.78, 5) is 15.2. The van der Waals surface area contributed by atoms with Gasteiger partial charge in [0.05, 0.1) is 31.4 Å². The average Bonchev–Trinajstić information content (AvgIpc) is 2.93. The Bertz CT molecular complexity index is 1600. The SMILES string of the molecule is COc1c(O)ccc2c1-c1ccc3c(c1/C(=C/c1ccc(F)cc1C(=O)N1CCOCC1)O2)C(C)=CC(C)(C)N3. The number of morpholine rings is 1. The van der Waals surface area contributed by atoms with E-state index in [2.05, 4.69) is 32.2 Å². The van der Waals surface area contributed by atoms with E-state index in [0.717, 1.165) is 28.0 Å². The van der Waals surface area contributed by atoms with E-state index < -0.39 is 5.82 Å². The summed E-state index contributed by atoms with van der Waals surface area (Å²) in [6, 6.07) is 11.4. The van der Waals surface area contributed by atoms with Crippen molar-refractivity contribution in [3.63, 3.8) is 0 Å². The normalized spacial score (nSPS) is 18.1. The van der Waals surface area contributed by atoms with Gasteiger partial charge in [0, 0.05) is 41.0 Å². The maximum absolute atomic E-state index is 14.5. The molecule has 0 saturated carbocycles. The number of nitrogens with zero attached hydrogens (tertiary/aromatic N) is 1. The molecular weight excluding hydrogens is 511 g/mol. The van der Waals surface area contributed by atoms with Gasteiger partial charge in [-0.2, -0.15) is 0 Å². The summed E-state index contributed by atoms with van der Waals surface area (Å²) < 4.78 is 32.0. The van der Waals surface area contributed by atoms with Crippen LogP contribution >= 0.6 is 0 Å². The number of hydrogen-bond acceptors (Lipinski definition) is 6. The van der Waals surface area contributed by atoms with Gasteiger partial charge in [-0.3, -0.25) is 4.79 Å². The number of halogens is 1. The highest BCUT2D eigenvalue weighted by atomic mass is 19.1. The van der Waals surface area contributed by atoms with Crippen molar-refractivity contribution in [1.29, 1.82) is 0 Å². The Balaban J connectivity index is 1.59. The Morgan fingerprint density at radius 2 is 1.88 bits per heavy atom. The molecule has 3 aliphatic rings. The molecule has 0 unspecified atom stereocenters. The van der Waals surface area contributed by atoms with Gasteiger partial charge in [0.2, 0.25) is 0 Å². The predicted octanol–water partition coefficient (Wildman–Crippen LogP) is 6.18. The van der Waals surface area contributed by atoms with E-state index in [1.165, 1.54) is 25.3 Å². The van der Waals surface area contributed by atoms with E-state index in [9.17, 15) is 14.3 Å². The van der Waals surface area contributed by atoms with Crippen LogP contribution in [-0.2, 0) is 4.74 Å². The highest BCUT2D eigenvalue weighted by Gasteiger charge is 2.34. The second kappa shape index (κ2) is 9.71. The van der Waals surface area contributed by atoms with Crippen LogP contribution in [0.15, 0.2) is 48.5 Å². The Morgan fingerprint density at radius 3 is 2.62 bits per heavy atom. The van der Waals surface area contributed by atoms with E-state index in [4.69, 9.17) is 14.2 Å². The molecule has 0 bridgehead atoms. The maximum Gasteiger partial charge on any atom is 0.254 e. The molecular formula is C32H31FN2O5. The lowest BCUT2D eigenvalue weighted by molar-refractivity contribution is 0.0302. The zero-order chi connectivity index (χ0) is 28.2. The molecule has 0 aromatic heterocycles. The van der Waals surface area contributed by atoms with Crippen LogP contribution in [0.5, 0.6) is 17.2 Å². The van der Waals surface area contributed by atoms with Crippen molar-refractivity contribution in [2.24, 2.45) is 0 Å². The minimum atomic E-state index is -0.489. The number of fused-ring (bicyclic) bond motifs is 5. The number of allylic oxidation sites excluding steroid dienone is 1. The summed E-state index contributed by atoms with van der Waals surface area (Å²) in [5, 5.41) is 14.2. The fourth-order valence-electron chi connectivity index (χ4n) is 5.87. The third-order valence-corrected chi connectivity index (χ3v) is 7.50. The molecule has 1 amide bonds. The zero-order valence-corrected chi connectivity index (χ0v) is 22.9. The van der Waals surface area contributed by atoms with E-state index >= 15 is 0 Å². The quantitative estimate of drug-likeness (QED) is 0.412. The van der Waals surface area contributed by atoms with Crippen LogP contribution in [-0.4, -0.2) is 54.9 Å². The number of carbonyl (C=O) groups excluding carboxylic acids is 1. The van der Waals surface area contributed by atoms with E-state index in [1.807, 2.05) is 12.1 Å². The molecule has 0 atom stereocenters. The summed E-state index contributed by atoms with van der Waals surface area (Å²) >= 11 is 0. The molecule has 7 nitrogen and oxygen atoms in total. The van der Waals surface area contributed by atoms with Gasteiger partial charge in [-0.15, -0.1) is 0 Å². The van der Waals surface area contributed by atoms with Crippen molar-refractivity contribution in [2.75, 3.05) is 38.7 Å². The summed E-state index contributed by atoms with van der Waals surface area (Å²) in [5.41, 5.74) is 5.72. The lowest BCUT2D eigenvalue weighted by Crippen LogP contribution is -2.41. The Hall–Kier alpha value is -4.30. The van der Waals surface area contributed by atoms with Gasteiger partial charge in [0.15, 0.2) is 11.5 Å². The molecule has 1 saturated heterocycles. The third kappa shape index (κ3) is 4.38. The number of nitrogens with one attached hydrogen (secondary N) is 1. The van der Waals surface area contributed by atoms with E-state index in [-0.39, 0.29) is 22.8 Å². The van der Waals surface area contributed by atoms with Crippen molar-refractivity contribution >= 4 is 29.0 Å². The minimum absolute atomic E-state index is 0.00408. The number of benzene rings is 3. The van der Waals surface area contributed by atoms with E-state index in [1.54, 1.807) is 23.1 Å². The van der Waals surface area contributed by atoms with Crippen molar-refractivity contribution in [1.82, 2.24) is 4.90 Å². The lowest BCUT2D eigenvalue weighted by atomic mass is 9.82. The Kier molecular flexibility index (Phi) is 6.30. The van der Waals surface area contributed by atoms with Crippen molar-refractivity contribution in [2.45, 2.75) is 26.3 Å². The van der Waals surface area contributed by atoms with Crippen LogP contribution in [0.25, 0.3) is 28.5 Å². The van der Waals surface area contributed by atoms with Gasteiger partial charge in [-0.05, 0) is 68.3 Å². The summed E-state index contributed by atoms with van der Waals surface area (Å²) in [5.74, 6) is 0.577. The van der Waals surface area contributed by atoms with Crippen LogP contribution in [0.4, 0.5) is 10.1 Å². The fourth-order valence-corrected chi connectivity index (χ4v) is 5.87. The van der Waals surface area contributed by atoms with Crippen LogP contribution in [0.1, 0.15) is 47.8 Å². The molecule has 2 N–H and O–H groups in total. The number of methoxy groups -OCH3 is 1. The van der Waals surface area contributed by atoms with Crippen LogP contribution in [0, 0.1) is 5.82 Å². The molecule has 3 heterocycles. The molecule has 1 fully saturated rings. The molecule has 0 aliphatic carbocycles. The third-order valence-electron chi connectivity index (χ3n) is 7.50. The van der Waals surface area contributed by atoms with Gasteiger partial charge in [-0.1, -0.05) is 18.2 Å². The van der Waals surface area contributed by atoms with Crippen LogP contribution in [0.3, 0.4) is 0 Å². The maximum atomic E-state index is 14.5. The number of ether oxygens (including phenoxy) is 3. The first kappa shape index (κ1) is 26.0. The van der Waals surface area contributed by atoms with Gasteiger partial charge >= 0.3 is 0 Å². The number of phenols is 1. The number of carbonyl (C=O) groups is 1. The van der Waals surface area contributed by atoms with Crippen molar-refractivity contribution < 1.29 is 28.5 Å². The fraction of sp³-hybridized carbons (Fsp3) is 0.281. The van der Waals surface area contributed by atoms with Gasteiger partial charge in [0.25, 0.3) is 5.91 Å². The Labute approximate surface area is 232 Å². The van der Waals surface area contributed by atoms with Gasteiger partial charge in [0.1, 0.15) is 17.3 Å². The number of amides is 1. The first-order chi connectivity index (χ1) is 19.2. The van der Waals surface area contributed by atoms with Crippen molar-refractivity contribution in [3.8, 4) is 28.4 Å². The van der Waals surface area contributed by atoms with Crippen molar-refractivity contribution in [3.05, 3.63) is 76.6 Å². The molecule has 3 aromatic carbocycles. The first-order valence-electron chi connectivity index (χ1n) is 13.3. The average molecular weight is 543 g/mol. The highest BCUT2D eigenvalue weighted by molar-refractivity contribution is 6.04. The topological polar surface area (TPSA) is 80.3 Å². The summed E-state index contributed by atoms with van der Waals surface area (Å²) in [6.07, 6.45) is 3.95. The van der Waals surface area contributed by atoms with Crippen LogP contribution in [0.2, 0.25) is 0 Å². The molecule has 6 rings (SSSR count). The minimum Gasteiger partial charge on any atom is -0.504 e. The molecule has 206 valence electrons. The van der Waals surface area contributed by atoms with E-state index in [0.29, 0.717) is 54.7 Å². The number of aromatic hydroxyl groups is 1. The number of phenolic OH excluding ortho intramolecular Hbond substituents is 1. The second-order valence-electron chi connectivity index (χ2n) is 10.8. The monoisotopic (exact) mass is 542 g/mol. The molecule has 0 spiro atoms. The van der Waals surface area contributed by atoms with Gasteiger partial charge in [-0.25, -0.2) is 4.39 Å². The van der Waals surface area contributed by atoms with Crippen LogP contribution < -0.4 is 14.8 Å². The smallest absolute Gasteiger partial charge is 0.254 e. The Morgan fingerprint density at radius 1 is 1.10 bits per heavy atom. The number of hydrogen-bond donors (Lipinski definition) is 2. The number of rotatable bonds is 3. The first-order valence-corrected chi connectivity index (χ1v) is 13.3. The summed E-state index contributed by atoms with van der Waals surface area (Å²) in [6.45, 7) is 8.04. The molecule has 40 heavy (non-hydrogen) atoms. The summed E-state index contributed by atoms with van der Waals surface area (Å²) in [7, 11) is 1.51. The largest absolute Gasteiger partial charge is 0.504 e. The highest BCUT2D eigenvalue weighted by Crippen LogP contribution is 2.54. The second-order valence-corrected chi connectivity index (χ2v) is 10.8. The zero-order valence-electron chi connectivity index (χ0n) is 22.9. The van der Waals surface area contributed by atoms with Gasteiger partial charge < -0.3 is 29.5 Å². The molecule has 0 radical (unpaired) electrons. The standard InChI is InChI=1S/C32H31FN2O5/c1-18-17-32(2,3)34-23-8-7-21-28(27(18)23)26(40-25-10-9-24(36)30(38-4)29(21)25)15-19-5-6-20(33)16-22(19)31(37)35-11-13-39-14-12-35/h5-10,15-17,34,36H,11-14H2,1-4H3/b26-15-. The molecule has 3 aromatic rings. The predicted molar refractivity (Wildman–Crippen MR) is 153 cm³/mol. The molecule has 8 heteroatoms. The lowest BCUT2D eigenvalue weighted by Gasteiger charge is -2.35.